The second-order valence-electron chi connectivity index (χ2n) is 7.88. The Morgan fingerprint density at radius 1 is 1.06 bits per heavy atom. The van der Waals surface area contributed by atoms with Crippen LogP contribution in [0, 0.1) is 12.8 Å². The molecule has 1 fully saturated rings. The number of amides is 1. The zero-order valence-corrected chi connectivity index (χ0v) is 17.9. The van der Waals surface area contributed by atoms with Gasteiger partial charge in [-0.05, 0) is 44.0 Å². The molecule has 0 bridgehead atoms. The number of ether oxygens (including phenoxy) is 2. The smallest absolute Gasteiger partial charge is 0.308 e. The molecule has 0 radical (unpaired) electrons. The average Bonchev–Trinajstić information content (AvgIpc) is 3.15. The summed E-state index contributed by atoms with van der Waals surface area (Å²) in [5, 5.41) is 0. The number of aromatic nitrogens is 2. The first kappa shape index (κ1) is 20.9. The molecule has 2 heterocycles. The predicted molar refractivity (Wildman–Crippen MR) is 117 cm³/mol. The second-order valence-corrected chi connectivity index (χ2v) is 7.88. The van der Waals surface area contributed by atoms with Crippen molar-refractivity contribution in [1.82, 2.24) is 14.5 Å². The van der Waals surface area contributed by atoms with Crippen molar-refractivity contribution in [3.8, 4) is 5.75 Å². The minimum Gasteiger partial charge on any atom is -0.486 e. The predicted octanol–water partition coefficient (Wildman–Crippen LogP) is 3.34. The number of hydrogen-bond acceptors (Lipinski definition) is 5. The Balaban J connectivity index is 1.48. The summed E-state index contributed by atoms with van der Waals surface area (Å²) in [5.41, 5.74) is 2.91. The lowest BCUT2D eigenvalue weighted by Crippen LogP contribution is -2.42. The van der Waals surface area contributed by atoms with Gasteiger partial charge in [-0.25, -0.2) is 4.98 Å². The van der Waals surface area contributed by atoms with E-state index in [9.17, 15) is 9.59 Å². The Hall–Kier alpha value is -3.35. The van der Waals surface area contributed by atoms with Crippen LogP contribution >= 0.6 is 0 Å². The third-order valence-electron chi connectivity index (χ3n) is 5.80. The van der Waals surface area contributed by atoms with Crippen molar-refractivity contribution in [1.29, 1.82) is 0 Å². The monoisotopic (exact) mass is 421 g/mol. The molecule has 2 aromatic carbocycles. The summed E-state index contributed by atoms with van der Waals surface area (Å²) < 4.78 is 12.7. The molecule has 1 aliphatic heterocycles. The maximum atomic E-state index is 13.0. The molecule has 1 aromatic heterocycles. The quantitative estimate of drug-likeness (QED) is 0.571. The number of para-hydroxylation sites is 2. The van der Waals surface area contributed by atoms with Gasteiger partial charge < -0.3 is 18.9 Å². The van der Waals surface area contributed by atoms with Crippen LogP contribution in [0.15, 0.2) is 48.5 Å². The fraction of sp³-hybridized carbons (Fsp3) is 0.375. The van der Waals surface area contributed by atoms with Crippen LogP contribution in [-0.2, 0) is 27.5 Å². The van der Waals surface area contributed by atoms with Crippen molar-refractivity contribution in [3.05, 3.63) is 59.9 Å². The van der Waals surface area contributed by atoms with Gasteiger partial charge in [-0.1, -0.05) is 29.8 Å². The Morgan fingerprint density at radius 2 is 1.77 bits per heavy atom. The number of carbonyl (C=O) groups excluding carboxylic acids is 2. The van der Waals surface area contributed by atoms with Crippen molar-refractivity contribution in [3.63, 3.8) is 0 Å². The number of esters is 1. The number of aryl methyl sites for hydroxylation is 1. The normalized spacial score (nSPS) is 14.6. The third kappa shape index (κ3) is 4.71. The average molecular weight is 421 g/mol. The zero-order valence-electron chi connectivity index (χ0n) is 17.9. The molecule has 0 aliphatic carbocycles. The Labute approximate surface area is 181 Å². The number of rotatable bonds is 6. The van der Waals surface area contributed by atoms with E-state index in [0.29, 0.717) is 31.8 Å². The number of imidazole rings is 1. The van der Waals surface area contributed by atoms with Gasteiger partial charge in [0, 0.05) is 13.1 Å². The minimum absolute atomic E-state index is 0.0167. The SMILES string of the molecule is COC(=O)C1CCN(C(=O)Cn2c(COc3ccc(C)cc3)nc3ccccc32)CC1. The minimum atomic E-state index is -0.191. The first-order valence-corrected chi connectivity index (χ1v) is 10.5. The van der Waals surface area contributed by atoms with Crippen LogP contribution in [0.5, 0.6) is 5.75 Å². The summed E-state index contributed by atoms with van der Waals surface area (Å²) in [5.74, 6) is 1.17. The van der Waals surface area contributed by atoms with E-state index in [2.05, 4.69) is 0 Å². The molecular weight excluding hydrogens is 394 g/mol. The van der Waals surface area contributed by atoms with E-state index < -0.39 is 0 Å². The van der Waals surface area contributed by atoms with Crippen molar-refractivity contribution in [2.45, 2.75) is 32.9 Å². The van der Waals surface area contributed by atoms with Gasteiger partial charge in [0.1, 0.15) is 24.7 Å². The molecule has 3 aromatic rings. The molecule has 7 heteroatoms. The fourth-order valence-corrected chi connectivity index (χ4v) is 3.96. The van der Waals surface area contributed by atoms with Crippen LogP contribution in [-0.4, -0.2) is 46.5 Å². The van der Waals surface area contributed by atoms with Gasteiger partial charge in [0.2, 0.25) is 5.91 Å². The number of methoxy groups -OCH3 is 1. The number of nitrogens with zero attached hydrogens (tertiary/aromatic N) is 3. The summed E-state index contributed by atoms with van der Waals surface area (Å²) in [6.07, 6.45) is 1.26. The first-order valence-electron chi connectivity index (χ1n) is 10.5. The lowest BCUT2D eigenvalue weighted by Gasteiger charge is -2.31. The largest absolute Gasteiger partial charge is 0.486 e. The number of fused-ring (bicyclic) bond motifs is 1. The van der Waals surface area contributed by atoms with Gasteiger partial charge in [0.15, 0.2) is 0 Å². The highest BCUT2D eigenvalue weighted by atomic mass is 16.5. The van der Waals surface area contributed by atoms with Crippen LogP contribution in [0.25, 0.3) is 11.0 Å². The van der Waals surface area contributed by atoms with Crippen molar-refractivity contribution < 1.29 is 19.1 Å². The Morgan fingerprint density at radius 3 is 2.48 bits per heavy atom. The standard InChI is InChI=1S/C24H27N3O4/c1-17-7-9-19(10-8-17)31-16-22-25-20-5-3-4-6-21(20)27(22)15-23(28)26-13-11-18(12-14-26)24(29)30-2/h3-10,18H,11-16H2,1-2H3. The zero-order chi connectivity index (χ0) is 21.8. The maximum absolute atomic E-state index is 13.0. The molecule has 7 nitrogen and oxygen atoms in total. The van der Waals surface area contributed by atoms with E-state index in [1.165, 1.54) is 12.7 Å². The van der Waals surface area contributed by atoms with E-state index in [1.807, 2.05) is 64.9 Å². The molecule has 31 heavy (non-hydrogen) atoms. The van der Waals surface area contributed by atoms with Crippen LogP contribution in [0.4, 0.5) is 0 Å². The fourth-order valence-electron chi connectivity index (χ4n) is 3.96. The molecule has 0 N–H and O–H groups in total. The second kappa shape index (κ2) is 9.20. The lowest BCUT2D eigenvalue weighted by molar-refractivity contribution is -0.149. The van der Waals surface area contributed by atoms with Gasteiger partial charge in [0.05, 0.1) is 24.1 Å². The molecule has 0 spiro atoms. The molecule has 0 unspecified atom stereocenters. The van der Waals surface area contributed by atoms with Crippen molar-refractivity contribution in [2.24, 2.45) is 5.92 Å². The number of likely N-dealkylation sites (tertiary alicyclic amines) is 1. The van der Waals surface area contributed by atoms with Crippen LogP contribution in [0.3, 0.4) is 0 Å². The highest BCUT2D eigenvalue weighted by molar-refractivity contribution is 5.81. The van der Waals surface area contributed by atoms with E-state index in [4.69, 9.17) is 14.5 Å². The van der Waals surface area contributed by atoms with E-state index in [-0.39, 0.29) is 30.9 Å². The lowest BCUT2D eigenvalue weighted by atomic mass is 9.97. The highest BCUT2D eigenvalue weighted by Crippen LogP contribution is 2.22. The first-order chi connectivity index (χ1) is 15.0. The van der Waals surface area contributed by atoms with E-state index in [1.54, 1.807) is 0 Å². The summed E-state index contributed by atoms with van der Waals surface area (Å²) in [4.78, 5) is 31.3. The molecular formula is C24H27N3O4. The molecule has 1 aliphatic rings. The summed E-state index contributed by atoms with van der Waals surface area (Å²) in [7, 11) is 1.41. The molecule has 162 valence electrons. The topological polar surface area (TPSA) is 73.7 Å². The van der Waals surface area contributed by atoms with Crippen LogP contribution in [0.1, 0.15) is 24.2 Å². The number of benzene rings is 2. The summed E-state index contributed by atoms with van der Waals surface area (Å²) in [6.45, 7) is 3.61. The third-order valence-corrected chi connectivity index (χ3v) is 5.80. The highest BCUT2D eigenvalue weighted by Gasteiger charge is 2.28. The molecule has 0 saturated carbocycles. The van der Waals surface area contributed by atoms with Crippen LogP contribution in [0.2, 0.25) is 0 Å². The van der Waals surface area contributed by atoms with Crippen molar-refractivity contribution >= 4 is 22.9 Å². The van der Waals surface area contributed by atoms with Crippen LogP contribution < -0.4 is 4.74 Å². The maximum Gasteiger partial charge on any atom is 0.308 e. The Bertz CT molecular complexity index is 1070. The molecule has 0 atom stereocenters. The van der Waals surface area contributed by atoms with E-state index in [0.717, 1.165) is 16.8 Å². The number of hydrogen-bond donors (Lipinski definition) is 0. The molecule has 4 rings (SSSR count). The number of carbonyl (C=O) groups is 2. The van der Waals surface area contributed by atoms with Gasteiger partial charge in [-0.3, -0.25) is 9.59 Å². The molecule has 1 saturated heterocycles. The Kier molecular flexibility index (Phi) is 6.21. The van der Waals surface area contributed by atoms with E-state index >= 15 is 0 Å². The van der Waals surface area contributed by atoms with Gasteiger partial charge in [0.25, 0.3) is 0 Å². The van der Waals surface area contributed by atoms with Crippen molar-refractivity contribution in [2.75, 3.05) is 20.2 Å². The van der Waals surface area contributed by atoms with Gasteiger partial charge >= 0.3 is 5.97 Å². The number of piperidine rings is 1. The van der Waals surface area contributed by atoms with Gasteiger partial charge in [-0.2, -0.15) is 0 Å². The summed E-state index contributed by atoms with van der Waals surface area (Å²) in [6, 6.07) is 15.6. The molecule has 1 amide bonds. The van der Waals surface area contributed by atoms with Gasteiger partial charge in [-0.15, -0.1) is 0 Å². The summed E-state index contributed by atoms with van der Waals surface area (Å²) >= 11 is 0.